The number of hydrogen-bond donors (Lipinski definition) is 1. The van der Waals surface area contributed by atoms with Gasteiger partial charge in [0.25, 0.3) is 0 Å². The summed E-state index contributed by atoms with van der Waals surface area (Å²) in [5.74, 6) is -0.0994. The minimum Gasteiger partial charge on any atom is -0.381 e. The maximum atomic E-state index is 11.5. The van der Waals surface area contributed by atoms with Crippen molar-refractivity contribution in [2.75, 3.05) is 18.5 Å². The van der Waals surface area contributed by atoms with E-state index in [4.69, 9.17) is 16.3 Å². The van der Waals surface area contributed by atoms with E-state index in [1.54, 1.807) is 12.1 Å². The molecule has 16 heavy (non-hydrogen) atoms. The van der Waals surface area contributed by atoms with Crippen LogP contribution in [0.25, 0.3) is 0 Å². The molecule has 3 nitrogen and oxygen atoms in total. The smallest absolute Gasteiger partial charge is 0.226 e. The van der Waals surface area contributed by atoms with E-state index in [0.717, 1.165) is 4.47 Å². The molecule has 0 aliphatic carbocycles. The minimum absolute atomic E-state index is 0.0994. The number of carbonyl (C=O) groups is 1. The van der Waals surface area contributed by atoms with Crippen LogP contribution in [0, 0.1) is 0 Å². The molecule has 0 spiro atoms. The van der Waals surface area contributed by atoms with Gasteiger partial charge in [0.05, 0.1) is 23.7 Å². The van der Waals surface area contributed by atoms with Gasteiger partial charge in [0, 0.05) is 11.1 Å². The molecule has 1 aromatic rings. The summed E-state index contributed by atoms with van der Waals surface area (Å²) in [6.07, 6.45) is 0.334. The molecule has 0 aromatic heterocycles. The Morgan fingerprint density at radius 1 is 1.56 bits per heavy atom. The Labute approximate surface area is 108 Å². The van der Waals surface area contributed by atoms with Crippen molar-refractivity contribution in [1.29, 1.82) is 0 Å². The summed E-state index contributed by atoms with van der Waals surface area (Å²) in [6.45, 7) is 2.94. The highest BCUT2D eigenvalue weighted by molar-refractivity contribution is 9.10. The highest BCUT2D eigenvalue weighted by Crippen LogP contribution is 2.25. The predicted molar refractivity (Wildman–Crippen MR) is 68.9 cm³/mol. The van der Waals surface area contributed by atoms with Gasteiger partial charge in [0.2, 0.25) is 5.91 Å². The van der Waals surface area contributed by atoms with Crippen LogP contribution in [-0.4, -0.2) is 19.1 Å². The average Bonchev–Trinajstić information content (AvgIpc) is 2.23. The molecule has 0 radical (unpaired) electrons. The van der Waals surface area contributed by atoms with Crippen LogP contribution in [0.5, 0.6) is 0 Å². The lowest BCUT2D eigenvalue weighted by Gasteiger charge is -2.07. The first-order chi connectivity index (χ1) is 7.63. The van der Waals surface area contributed by atoms with Crippen LogP contribution in [0.4, 0.5) is 5.69 Å². The Kier molecular flexibility index (Phi) is 5.80. The first-order valence-electron chi connectivity index (χ1n) is 4.96. The summed E-state index contributed by atoms with van der Waals surface area (Å²) in [6, 6.07) is 5.31. The average molecular weight is 307 g/mol. The second-order valence-electron chi connectivity index (χ2n) is 3.12. The van der Waals surface area contributed by atoms with Crippen molar-refractivity contribution >= 4 is 39.1 Å². The van der Waals surface area contributed by atoms with Gasteiger partial charge >= 0.3 is 0 Å². The number of anilines is 1. The first-order valence-corrected chi connectivity index (χ1v) is 6.13. The van der Waals surface area contributed by atoms with E-state index in [-0.39, 0.29) is 5.91 Å². The molecule has 1 rings (SSSR count). The molecule has 0 heterocycles. The second kappa shape index (κ2) is 6.89. The van der Waals surface area contributed by atoms with E-state index >= 15 is 0 Å². The van der Waals surface area contributed by atoms with Gasteiger partial charge in [-0.15, -0.1) is 0 Å². The van der Waals surface area contributed by atoms with Crippen molar-refractivity contribution in [2.24, 2.45) is 0 Å². The topological polar surface area (TPSA) is 38.3 Å². The van der Waals surface area contributed by atoms with Crippen LogP contribution in [-0.2, 0) is 9.53 Å². The summed E-state index contributed by atoms with van der Waals surface area (Å²) in [5, 5.41) is 3.24. The Morgan fingerprint density at radius 2 is 2.31 bits per heavy atom. The summed E-state index contributed by atoms with van der Waals surface area (Å²) in [7, 11) is 0. The summed E-state index contributed by atoms with van der Waals surface area (Å²) in [4.78, 5) is 11.5. The lowest BCUT2D eigenvalue weighted by molar-refractivity contribution is -0.117. The maximum Gasteiger partial charge on any atom is 0.226 e. The highest BCUT2D eigenvalue weighted by atomic mass is 79.9. The largest absolute Gasteiger partial charge is 0.381 e. The van der Waals surface area contributed by atoms with E-state index in [1.165, 1.54) is 0 Å². The third-order valence-electron chi connectivity index (χ3n) is 1.88. The third kappa shape index (κ3) is 4.51. The van der Waals surface area contributed by atoms with Crippen LogP contribution < -0.4 is 5.32 Å². The SMILES string of the molecule is CCOCCC(=O)Nc1ccc(Br)cc1Cl. The first kappa shape index (κ1) is 13.5. The van der Waals surface area contributed by atoms with Gasteiger partial charge in [-0.05, 0) is 25.1 Å². The molecule has 1 amide bonds. The normalized spacial score (nSPS) is 10.2. The van der Waals surface area contributed by atoms with Gasteiger partial charge in [-0.1, -0.05) is 27.5 Å². The zero-order chi connectivity index (χ0) is 12.0. The summed E-state index contributed by atoms with van der Waals surface area (Å²) >= 11 is 9.26. The van der Waals surface area contributed by atoms with Crippen LogP contribution in [0.3, 0.4) is 0 Å². The maximum absolute atomic E-state index is 11.5. The molecular weight excluding hydrogens is 293 g/mol. The van der Waals surface area contributed by atoms with E-state index in [2.05, 4.69) is 21.2 Å². The van der Waals surface area contributed by atoms with Crippen LogP contribution in [0.1, 0.15) is 13.3 Å². The lowest BCUT2D eigenvalue weighted by Crippen LogP contribution is -2.14. The number of halogens is 2. The van der Waals surface area contributed by atoms with Gasteiger partial charge in [-0.2, -0.15) is 0 Å². The Hall–Kier alpha value is -0.580. The number of rotatable bonds is 5. The van der Waals surface area contributed by atoms with Crippen LogP contribution in [0.2, 0.25) is 5.02 Å². The van der Waals surface area contributed by atoms with Gasteiger partial charge in [-0.3, -0.25) is 4.79 Å². The Balaban J connectivity index is 2.49. The number of ether oxygens (including phenoxy) is 1. The predicted octanol–water partition coefficient (Wildman–Crippen LogP) is 3.47. The molecule has 0 fully saturated rings. The number of carbonyl (C=O) groups excluding carboxylic acids is 1. The summed E-state index contributed by atoms with van der Waals surface area (Å²) in [5.41, 5.74) is 0.617. The van der Waals surface area contributed by atoms with Gasteiger partial charge in [0.1, 0.15) is 0 Å². The minimum atomic E-state index is -0.0994. The van der Waals surface area contributed by atoms with Gasteiger partial charge in [-0.25, -0.2) is 0 Å². The van der Waals surface area contributed by atoms with Crippen molar-refractivity contribution in [1.82, 2.24) is 0 Å². The van der Waals surface area contributed by atoms with Crippen molar-refractivity contribution in [3.63, 3.8) is 0 Å². The molecule has 0 atom stereocenters. The highest BCUT2D eigenvalue weighted by Gasteiger charge is 2.05. The number of nitrogens with one attached hydrogen (secondary N) is 1. The molecule has 5 heteroatoms. The van der Waals surface area contributed by atoms with Gasteiger partial charge in [0.15, 0.2) is 0 Å². The molecule has 1 aromatic carbocycles. The third-order valence-corrected chi connectivity index (χ3v) is 2.69. The Morgan fingerprint density at radius 3 is 2.94 bits per heavy atom. The monoisotopic (exact) mass is 305 g/mol. The number of amides is 1. The molecule has 1 N–H and O–H groups in total. The summed E-state index contributed by atoms with van der Waals surface area (Å²) < 4.78 is 5.97. The number of benzene rings is 1. The molecule has 0 bridgehead atoms. The van der Waals surface area contributed by atoms with Gasteiger partial charge < -0.3 is 10.1 Å². The molecule has 0 aliphatic heterocycles. The molecule has 0 saturated carbocycles. The fourth-order valence-corrected chi connectivity index (χ4v) is 1.83. The van der Waals surface area contributed by atoms with E-state index in [0.29, 0.717) is 30.3 Å². The molecule has 88 valence electrons. The van der Waals surface area contributed by atoms with E-state index < -0.39 is 0 Å². The van der Waals surface area contributed by atoms with Crippen LogP contribution in [0.15, 0.2) is 22.7 Å². The lowest BCUT2D eigenvalue weighted by atomic mass is 10.3. The molecule has 0 aliphatic rings. The quantitative estimate of drug-likeness (QED) is 0.846. The molecular formula is C11H13BrClNO2. The van der Waals surface area contributed by atoms with Crippen molar-refractivity contribution in [2.45, 2.75) is 13.3 Å². The van der Waals surface area contributed by atoms with Crippen molar-refractivity contribution in [3.05, 3.63) is 27.7 Å². The van der Waals surface area contributed by atoms with E-state index in [1.807, 2.05) is 13.0 Å². The fourth-order valence-electron chi connectivity index (χ4n) is 1.11. The van der Waals surface area contributed by atoms with Crippen LogP contribution >= 0.6 is 27.5 Å². The van der Waals surface area contributed by atoms with Crippen molar-refractivity contribution < 1.29 is 9.53 Å². The number of hydrogen-bond acceptors (Lipinski definition) is 2. The molecule has 0 saturated heterocycles. The van der Waals surface area contributed by atoms with E-state index in [9.17, 15) is 4.79 Å². The second-order valence-corrected chi connectivity index (χ2v) is 4.44. The zero-order valence-electron chi connectivity index (χ0n) is 8.93. The Bertz CT molecular complexity index is 371. The van der Waals surface area contributed by atoms with Crippen molar-refractivity contribution in [3.8, 4) is 0 Å². The fraction of sp³-hybridized carbons (Fsp3) is 0.364. The molecule has 0 unspecified atom stereocenters. The zero-order valence-corrected chi connectivity index (χ0v) is 11.3. The standard InChI is InChI=1S/C11H13BrClNO2/c1-2-16-6-5-11(15)14-10-4-3-8(12)7-9(10)13/h3-4,7H,2,5-6H2,1H3,(H,14,15).